The average Bonchev–Trinajstić information content (AvgIpc) is 3.16. The Morgan fingerprint density at radius 1 is 1.21 bits per heavy atom. The lowest BCUT2D eigenvalue weighted by atomic mass is 9.90. The number of likely N-dealkylation sites (tertiary alicyclic amines) is 1. The van der Waals surface area contributed by atoms with Gasteiger partial charge in [-0.15, -0.1) is 0 Å². The number of hydrogen-bond acceptors (Lipinski definition) is 6. The molecule has 10 nitrogen and oxygen atoms in total. The number of nitrogens with zero attached hydrogens (tertiary/aromatic N) is 2. The molecule has 1 aliphatic rings. The molecule has 0 atom stereocenters. The van der Waals surface area contributed by atoms with E-state index in [1.165, 1.54) is 12.1 Å². The smallest absolute Gasteiger partial charge is 0.404 e. The Labute approximate surface area is 190 Å². The van der Waals surface area contributed by atoms with Gasteiger partial charge in [-0.05, 0) is 25.0 Å². The Morgan fingerprint density at radius 3 is 2.42 bits per heavy atom. The summed E-state index contributed by atoms with van der Waals surface area (Å²) in [5, 5.41) is 20.7. The van der Waals surface area contributed by atoms with Gasteiger partial charge < -0.3 is 29.7 Å². The number of hydrogen-bond donors (Lipinski definition) is 3. The van der Waals surface area contributed by atoms with E-state index < -0.39 is 18.0 Å². The second-order valence-electron chi connectivity index (χ2n) is 8.16. The van der Waals surface area contributed by atoms with E-state index in [2.05, 4.69) is 12.2 Å². The number of rotatable bonds is 8. The molecule has 11 heteroatoms. The van der Waals surface area contributed by atoms with Gasteiger partial charge in [0, 0.05) is 42.4 Å². The molecule has 0 saturated carbocycles. The number of fused-ring (bicyclic) bond motifs is 1. The zero-order valence-electron chi connectivity index (χ0n) is 18.4. The summed E-state index contributed by atoms with van der Waals surface area (Å²) in [6.45, 7) is 3.58. The number of piperidine rings is 1. The van der Waals surface area contributed by atoms with Crippen LogP contribution in [0.15, 0.2) is 34.9 Å². The second kappa shape index (κ2) is 12.0. The highest BCUT2D eigenvalue weighted by molar-refractivity contribution is 5.89. The molecule has 0 radical (unpaired) electrons. The van der Waals surface area contributed by atoms with E-state index in [-0.39, 0.29) is 5.82 Å². The molecule has 0 bridgehead atoms. The van der Waals surface area contributed by atoms with Crippen LogP contribution in [0.5, 0.6) is 0 Å². The standard InChI is InChI=1S/C18H24FN3O3.C4H4O4/c1-22(8-2-3-11-24-18(20)23)9-6-13(7-10-22)17-15-5-4-14(19)12-16(15)25-21-17;5-3(6)1-2-4(7)8/h4-5,12-13H,2-3,6-11H2,1H3,(H-,20,23);1-2H,(H,5,6)(H,7,8)/p+1/b;2-1+. The molecule has 4 N–H and O–H groups in total. The van der Waals surface area contributed by atoms with Crippen LogP contribution in [0.2, 0.25) is 0 Å². The van der Waals surface area contributed by atoms with Crippen molar-refractivity contribution in [1.29, 1.82) is 0 Å². The van der Waals surface area contributed by atoms with Gasteiger partial charge in [0.1, 0.15) is 5.82 Å². The predicted molar refractivity (Wildman–Crippen MR) is 116 cm³/mol. The van der Waals surface area contributed by atoms with Gasteiger partial charge in [0.25, 0.3) is 0 Å². The van der Waals surface area contributed by atoms with Crippen LogP contribution >= 0.6 is 0 Å². The van der Waals surface area contributed by atoms with E-state index >= 15 is 0 Å². The maximum absolute atomic E-state index is 13.3. The van der Waals surface area contributed by atoms with Gasteiger partial charge in [0.2, 0.25) is 0 Å². The summed E-state index contributed by atoms with van der Waals surface area (Å²) in [5.74, 6) is -2.46. The minimum atomic E-state index is -1.26. The number of primary amides is 1. The van der Waals surface area contributed by atoms with E-state index in [0.717, 1.165) is 60.9 Å². The van der Waals surface area contributed by atoms with Crippen molar-refractivity contribution >= 4 is 29.0 Å². The number of unbranched alkanes of at least 4 members (excludes halogenated alkanes) is 1. The molecule has 0 aliphatic carbocycles. The number of aromatic nitrogens is 1. The molecule has 1 aromatic heterocycles. The van der Waals surface area contributed by atoms with Crippen molar-refractivity contribution in [2.45, 2.75) is 31.6 Å². The molecule has 33 heavy (non-hydrogen) atoms. The summed E-state index contributed by atoms with van der Waals surface area (Å²) >= 11 is 0. The predicted octanol–water partition coefficient (Wildman–Crippen LogP) is 2.88. The highest BCUT2D eigenvalue weighted by atomic mass is 19.1. The first-order valence-electron chi connectivity index (χ1n) is 10.5. The van der Waals surface area contributed by atoms with Crippen molar-refractivity contribution in [3.63, 3.8) is 0 Å². The number of aliphatic carboxylic acids is 2. The van der Waals surface area contributed by atoms with Crippen LogP contribution in [0.3, 0.4) is 0 Å². The van der Waals surface area contributed by atoms with Gasteiger partial charge in [-0.2, -0.15) is 0 Å². The number of amides is 1. The molecule has 1 fully saturated rings. The lowest BCUT2D eigenvalue weighted by Crippen LogP contribution is -2.50. The van der Waals surface area contributed by atoms with Crippen LogP contribution in [0.4, 0.5) is 9.18 Å². The van der Waals surface area contributed by atoms with Gasteiger partial charge in [-0.1, -0.05) is 5.16 Å². The minimum absolute atomic E-state index is 0.302. The van der Waals surface area contributed by atoms with E-state index in [4.69, 9.17) is 25.2 Å². The number of carboxylic acid groups (broad SMARTS) is 2. The molecular weight excluding hydrogens is 437 g/mol. The Kier molecular flexibility index (Phi) is 9.34. The summed E-state index contributed by atoms with van der Waals surface area (Å²) in [7, 11) is 2.27. The molecule has 1 aliphatic heterocycles. The maximum atomic E-state index is 13.3. The summed E-state index contributed by atoms with van der Waals surface area (Å²) in [6.07, 6.45) is 4.31. The summed E-state index contributed by atoms with van der Waals surface area (Å²) < 4.78 is 24.4. The molecule has 1 aromatic carbocycles. The average molecular weight is 466 g/mol. The van der Waals surface area contributed by atoms with Crippen molar-refractivity contribution in [3.8, 4) is 0 Å². The SMILES string of the molecule is C[N+]1(CCCCOC(N)=O)CCC(c2noc3cc(F)ccc23)CC1.O=C(O)/C=C/C(=O)O. The Bertz CT molecular complexity index is 981. The lowest BCUT2D eigenvalue weighted by molar-refractivity contribution is -0.914. The van der Waals surface area contributed by atoms with Gasteiger partial charge >= 0.3 is 18.0 Å². The maximum Gasteiger partial charge on any atom is 0.404 e. The fourth-order valence-electron chi connectivity index (χ4n) is 3.82. The van der Waals surface area contributed by atoms with Crippen LogP contribution in [-0.2, 0) is 14.3 Å². The highest BCUT2D eigenvalue weighted by Crippen LogP contribution is 2.34. The molecule has 1 amide bonds. The molecule has 0 spiro atoms. The fourth-order valence-corrected chi connectivity index (χ4v) is 3.82. The molecule has 1 saturated heterocycles. The molecule has 3 rings (SSSR count). The molecule has 180 valence electrons. The van der Waals surface area contributed by atoms with Crippen molar-refractivity contribution in [1.82, 2.24) is 5.16 Å². The minimum Gasteiger partial charge on any atom is -0.478 e. The number of benzene rings is 1. The number of ether oxygens (including phenoxy) is 1. The Balaban J connectivity index is 0.000000414. The van der Waals surface area contributed by atoms with E-state index in [1.54, 1.807) is 6.07 Å². The lowest BCUT2D eigenvalue weighted by Gasteiger charge is -2.40. The van der Waals surface area contributed by atoms with Crippen LogP contribution < -0.4 is 5.73 Å². The van der Waals surface area contributed by atoms with Crippen molar-refractivity contribution in [2.24, 2.45) is 5.73 Å². The number of carbonyl (C=O) groups is 3. The number of carbonyl (C=O) groups excluding carboxylic acids is 1. The van der Waals surface area contributed by atoms with Gasteiger partial charge in [-0.25, -0.2) is 18.8 Å². The van der Waals surface area contributed by atoms with Gasteiger partial charge in [0.05, 0.1) is 39.0 Å². The third kappa shape index (κ3) is 8.53. The number of quaternary nitrogens is 1. The summed E-state index contributed by atoms with van der Waals surface area (Å²) in [5.41, 5.74) is 6.43. The molecular formula is C22H29FN3O7+. The van der Waals surface area contributed by atoms with Crippen LogP contribution in [-0.4, -0.2) is 71.2 Å². The van der Waals surface area contributed by atoms with E-state index in [0.29, 0.717) is 30.3 Å². The Hall–Kier alpha value is -3.47. The van der Waals surface area contributed by atoms with Gasteiger partial charge in [-0.3, -0.25) is 0 Å². The normalized spacial score (nSPS) is 20.2. The van der Waals surface area contributed by atoms with Crippen molar-refractivity contribution in [3.05, 3.63) is 41.9 Å². The fraction of sp³-hybridized carbons (Fsp3) is 0.455. The quantitative estimate of drug-likeness (QED) is 0.305. The van der Waals surface area contributed by atoms with E-state index in [9.17, 15) is 18.8 Å². The zero-order chi connectivity index (χ0) is 24.4. The van der Waals surface area contributed by atoms with Crippen molar-refractivity contribution in [2.75, 3.05) is 33.3 Å². The number of nitrogens with two attached hydrogens (primary N) is 1. The topological polar surface area (TPSA) is 153 Å². The van der Waals surface area contributed by atoms with Crippen LogP contribution in [0.25, 0.3) is 11.0 Å². The first-order chi connectivity index (χ1) is 15.6. The summed E-state index contributed by atoms with van der Waals surface area (Å²) in [6, 6.07) is 4.61. The number of halogens is 1. The van der Waals surface area contributed by atoms with Crippen LogP contribution in [0, 0.1) is 5.82 Å². The molecule has 2 aromatic rings. The summed E-state index contributed by atoms with van der Waals surface area (Å²) in [4.78, 5) is 29.7. The highest BCUT2D eigenvalue weighted by Gasteiger charge is 2.32. The monoisotopic (exact) mass is 466 g/mol. The largest absolute Gasteiger partial charge is 0.478 e. The third-order valence-corrected chi connectivity index (χ3v) is 5.59. The Morgan fingerprint density at radius 2 is 1.85 bits per heavy atom. The first-order valence-corrected chi connectivity index (χ1v) is 10.5. The number of carboxylic acids is 2. The van der Waals surface area contributed by atoms with Gasteiger partial charge in [0.15, 0.2) is 5.58 Å². The third-order valence-electron chi connectivity index (χ3n) is 5.59. The molecule has 0 unspecified atom stereocenters. The first kappa shape index (κ1) is 25.8. The second-order valence-corrected chi connectivity index (χ2v) is 8.16. The van der Waals surface area contributed by atoms with Crippen molar-refractivity contribution < 1.29 is 42.7 Å². The van der Waals surface area contributed by atoms with E-state index in [1.807, 2.05) is 0 Å². The molecule has 2 heterocycles. The zero-order valence-corrected chi connectivity index (χ0v) is 18.4. The van der Waals surface area contributed by atoms with Crippen LogP contribution in [0.1, 0.15) is 37.3 Å².